The van der Waals surface area contributed by atoms with E-state index in [0.29, 0.717) is 46.5 Å². The first-order chi connectivity index (χ1) is 24.9. The lowest BCUT2D eigenvalue weighted by Crippen LogP contribution is -2.57. The van der Waals surface area contributed by atoms with Gasteiger partial charge in [0.25, 0.3) is 0 Å². The van der Waals surface area contributed by atoms with Crippen LogP contribution in [0.3, 0.4) is 0 Å². The van der Waals surface area contributed by atoms with Crippen molar-refractivity contribution in [1.82, 2.24) is 9.88 Å². The number of pyridine rings is 1. The van der Waals surface area contributed by atoms with E-state index in [0.717, 1.165) is 66.1 Å². The molecule has 2 aromatic heterocycles. The van der Waals surface area contributed by atoms with Crippen LogP contribution in [0.15, 0.2) is 90.4 Å². The maximum atomic E-state index is 11.9. The number of aldehydes is 1. The number of anilines is 2. The number of likely N-dealkylation sites (tertiary alicyclic amines) is 1. The number of hydrogen-bond acceptors (Lipinski definition) is 8. The van der Waals surface area contributed by atoms with Gasteiger partial charge in [-0.3, -0.25) is 9.69 Å². The molecule has 7 nitrogen and oxygen atoms in total. The molecule has 2 aliphatic heterocycles. The molecule has 8 rings (SSSR count). The van der Waals surface area contributed by atoms with Crippen molar-refractivity contribution in [2.45, 2.75) is 76.4 Å². The highest BCUT2D eigenvalue weighted by atomic mass is 32.1. The predicted octanol–water partition coefficient (Wildman–Crippen LogP) is 10.1. The Morgan fingerprint density at radius 2 is 1.76 bits per heavy atom. The highest BCUT2D eigenvalue weighted by molar-refractivity contribution is 7.16. The molecule has 3 aliphatic rings. The molecule has 5 aromatic rings. The number of methoxy groups -OCH3 is 1. The van der Waals surface area contributed by atoms with Gasteiger partial charge in [0.1, 0.15) is 22.1 Å². The van der Waals surface area contributed by atoms with Crippen molar-refractivity contribution in [2.24, 2.45) is 5.41 Å². The molecule has 2 saturated heterocycles. The topological polar surface area (TPSA) is 66.9 Å². The fraction of sp³-hybridized carbons (Fsp3) is 0.395. The SMILES string of the molecule is COc1ccc(NC2CCN(C3CC4(CCN(c5ccc(C=O)c(Oc6cnc7sccc7c6)c5)CC4)C3)C(c3ccccc3C(C)C)C2)cc1. The molecular weight excluding hydrogens is 653 g/mol. The lowest BCUT2D eigenvalue weighted by Gasteiger charge is -2.58. The first kappa shape index (κ1) is 33.7. The van der Waals surface area contributed by atoms with Gasteiger partial charge < -0.3 is 19.7 Å². The Hall–Kier alpha value is -4.40. The summed E-state index contributed by atoms with van der Waals surface area (Å²) in [4.78, 5) is 22.8. The van der Waals surface area contributed by atoms with Crippen molar-refractivity contribution in [3.8, 4) is 17.2 Å². The van der Waals surface area contributed by atoms with Crippen molar-refractivity contribution in [2.75, 3.05) is 37.0 Å². The summed E-state index contributed by atoms with van der Waals surface area (Å²) in [5.41, 5.74) is 6.22. The van der Waals surface area contributed by atoms with Crippen LogP contribution in [0.25, 0.3) is 10.2 Å². The van der Waals surface area contributed by atoms with E-state index in [-0.39, 0.29) is 0 Å². The Morgan fingerprint density at radius 3 is 2.53 bits per heavy atom. The number of piperidine rings is 2. The number of nitrogens with one attached hydrogen (secondary N) is 1. The van der Waals surface area contributed by atoms with Crippen molar-refractivity contribution in [3.05, 3.63) is 107 Å². The second-order valence-electron chi connectivity index (χ2n) is 15.1. The normalized spacial score (nSPS) is 20.7. The zero-order valence-corrected chi connectivity index (χ0v) is 30.7. The Bertz CT molecular complexity index is 1980. The number of benzene rings is 3. The van der Waals surface area contributed by atoms with Gasteiger partial charge in [-0.2, -0.15) is 0 Å². The molecule has 1 N–H and O–H groups in total. The molecule has 2 atom stereocenters. The van der Waals surface area contributed by atoms with Gasteiger partial charge in [-0.25, -0.2) is 4.98 Å². The summed E-state index contributed by atoms with van der Waals surface area (Å²) >= 11 is 1.61. The molecule has 51 heavy (non-hydrogen) atoms. The molecule has 1 aliphatic carbocycles. The first-order valence-corrected chi connectivity index (χ1v) is 19.4. The first-order valence-electron chi connectivity index (χ1n) is 18.5. The van der Waals surface area contributed by atoms with Crippen molar-refractivity contribution in [1.29, 1.82) is 0 Å². The molecule has 1 saturated carbocycles. The van der Waals surface area contributed by atoms with Crippen LogP contribution in [0, 0.1) is 5.41 Å². The van der Waals surface area contributed by atoms with Crippen LogP contribution in [0.5, 0.6) is 17.2 Å². The van der Waals surface area contributed by atoms with Gasteiger partial charge in [0.2, 0.25) is 0 Å². The average Bonchev–Trinajstić information content (AvgIpc) is 3.62. The maximum Gasteiger partial charge on any atom is 0.153 e. The number of nitrogens with zero attached hydrogens (tertiary/aromatic N) is 3. The summed E-state index contributed by atoms with van der Waals surface area (Å²) in [5.74, 6) is 2.61. The van der Waals surface area contributed by atoms with E-state index in [9.17, 15) is 4.79 Å². The summed E-state index contributed by atoms with van der Waals surface area (Å²) in [7, 11) is 1.72. The molecule has 3 aromatic carbocycles. The van der Waals surface area contributed by atoms with Crippen LogP contribution in [0.2, 0.25) is 0 Å². The van der Waals surface area contributed by atoms with E-state index in [4.69, 9.17) is 9.47 Å². The van der Waals surface area contributed by atoms with E-state index in [2.05, 4.69) is 76.4 Å². The monoisotopic (exact) mass is 700 g/mol. The standard InChI is InChI=1S/C43H48N4O3S/c1-29(2)38-6-4-5-7-39(38)40-23-33(45-32-9-12-36(49-3)13-10-32)14-18-47(40)35-25-43(26-35)16-19-46(20-17-43)34-11-8-31(28-48)41(24-34)50-37-22-30-15-21-51-42(30)44-27-37/h4-13,15,21-22,24,27-29,33,35,40,45H,14,16-20,23,25-26H2,1-3H3. The summed E-state index contributed by atoms with van der Waals surface area (Å²) in [5, 5.41) is 6.94. The molecule has 0 amide bonds. The van der Waals surface area contributed by atoms with Crippen LogP contribution in [-0.4, -0.2) is 55.0 Å². The predicted molar refractivity (Wildman–Crippen MR) is 208 cm³/mol. The van der Waals surface area contributed by atoms with Crippen LogP contribution in [0.4, 0.5) is 11.4 Å². The van der Waals surface area contributed by atoms with Gasteiger partial charge in [0, 0.05) is 60.6 Å². The fourth-order valence-electron chi connectivity index (χ4n) is 8.87. The average molecular weight is 701 g/mol. The van der Waals surface area contributed by atoms with E-state index in [1.807, 2.05) is 41.8 Å². The van der Waals surface area contributed by atoms with E-state index in [1.165, 1.54) is 36.8 Å². The lowest BCUT2D eigenvalue weighted by atomic mass is 9.59. The number of carbonyl (C=O) groups is 1. The van der Waals surface area contributed by atoms with Gasteiger partial charge >= 0.3 is 0 Å². The van der Waals surface area contributed by atoms with Crippen molar-refractivity contribution >= 4 is 39.2 Å². The zero-order chi connectivity index (χ0) is 35.0. The van der Waals surface area contributed by atoms with Gasteiger partial charge in [0.05, 0.1) is 18.9 Å². The van der Waals surface area contributed by atoms with Crippen LogP contribution >= 0.6 is 11.3 Å². The third kappa shape index (κ3) is 6.96. The highest BCUT2D eigenvalue weighted by Gasteiger charge is 2.50. The van der Waals surface area contributed by atoms with Gasteiger partial charge in [-0.15, -0.1) is 11.3 Å². The molecule has 264 valence electrons. The smallest absolute Gasteiger partial charge is 0.153 e. The number of ether oxygens (including phenoxy) is 2. The minimum absolute atomic E-state index is 0.404. The Kier molecular flexibility index (Phi) is 9.47. The molecule has 0 radical (unpaired) electrons. The van der Waals surface area contributed by atoms with Crippen LogP contribution in [0.1, 0.15) is 85.8 Å². The number of hydrogen-bond donors (Lipinski definition) is 1. The Labute approximate surface area is 305 Å². The lowest BCUT2D eigenvalue weighted by molar-refractivity contribution is -0.0488. The number of fused-ring (bicyclic) bond motifs is 1. The van der Waals surface area contributed by atoms with Crippen molar-refractivity contribution in [3.63, 3.8) is 0 Å². The highest BCUT2D eigenvalue weighted by Crippen LogP contribution is 2.54. The summed E-state index contributed by atoms with van der Waals surface area (Å²) < 4.78 is 11.6. The maximum absolute atomic E-state index is 11.9. The molecule has 4 heterocycles. The number of carbonyl (C=O) groups excluding carboxylic acids is 1. The quantitative estimate of drug-likeness (QED) is 0.146. The molecule has 0 bridgehead atoms. The van der Waals surface area contributed by atoms with E-state index < -0.39 is 0 Å². The number of rotatable bonds is 10. The molecular formula is C43H48N4O3S. The van der Waals surface area contributed by atoms with Crippen LogP contribution < -0.4 is 19.7 Å². The molecule has 3 fully saturated rings. The summed E-state index contributed by atoms with van der Waals surface area (Å²) in [6.45, 7) is 7.80. The van der Waals surface area contributed by atoms with Crippen molar-refractivity contribution < 1.29 is 14.3 Å². The van der Waals surface area contributed by atoms with E-state index in [1.54, 1.807) is 24.6 Å². The molecule has 8 heteroatoms. The Balaban J connectivity index is 0.938. The second kappa shape index (κ2) is 14.3. The van der Waals surface area contributed by atoms with Gasteiger partial charge in [-0.05, 0) is 115 Å². The van der Waals surface area contributed by atoms with Crippen LogP contribution in [-0.2, 0) is 0 Å². The third-order valence-corrected chi connectivity index (χ3v) is 12.5. The number of aromatic nitrogens is 1. The molecule has 2 unspecified atom stereocenters. The minimum Gasteiger partial charge on any atom is -0.497 e. The van der Waals surface area contributed by atoms with Gasteiger partial charge in [-0.1, -0.05) is 38.1 Å². The zero-order valence-electron chi connectivity index (χ0n) is 29.9. The minimum atomic E-state index is 0.404. The number of thiophene rings is 1. The fourth-order valence-corrected chi connectivity index (χ4v) is 9.59. The largest absolute Gasteiger partial charge is 0.497 e. The summed E-state index contributed by atoms with van der Waals surface area (Å²) in [6, 6.07) is 29.0. The Morgan fingerprint density at radius 1 is 0.961 bits per heavy atom. The third-order valence-electron chi connectivity index (χ3n) is 11.7. The molecule has 1 spiro atoms. The summed E-state index contributed by atoms with van der Waals surface area (Å²) in [6.07, 6.45) is 9.78. The van der Waals surface area contributed by atoms with Gasteiger partial charge in [0.15, 0.2) is 6.29 Å². The second-order valence-corrected chi connectivity index (χ2v) is 16.0. The van der Waals surface area contributed by atoms with E-state index >= 15 is 0 Å².